The van der Waals surface area contributed by atoms with Gasteiger partial charge in [0, 0.05) is 19.2 Å². The predicted molar refractivity (Wildman–Crippen MR) is 96.9 cm³/mol. The van der Waals surface area contributed by atoms with Crippen LogP contribution in [0.1, 0.15) is 5.56 Å². The lowest BCUT2D eigenvalue weighted by Crippen LogP contribution is -2.39. The number of anilines is 1. The molecule has 2 aromatic rings. The van der Waals surface area contributed by atoms with Crippen LogP contribution in [0.15, 0.2) is 47.5 Å². The number of urea groups is 1. The molecule has 0 unspecified atom stereocenters. The van der Waals surface area contributed by atoms with Crippen molar-refractivity contribution in [1.82, 2.24) is 5.32 Å². The average Bonchev–Trinajstić information content (AvgIpc) is 2.57. The molecule has 0 saturated heterocycles. The van der Waals surface area contributed by atoms with Crippen molar-refractivity contribution >= 4 is 40.9 Å². The molecule has 0 aliphatic heterocycles. The number of carbonyl (C=O) groups is 1. The Morgan fingerprint density at radius 2 is 1.83 bits per heavy atom. The van der Waals surface area contributed by atoms with Gasteiger partial charge >= 0.3 is 6.03 Å². The van der Waals surface area contributed by atoms with Crippen LogP contribution in [0.3, 0.4) is 0 Å². The monoisotopic (exact) mass is 366 g/mol. The van der Waals surface area contributed by atoms with Crippen LogP contribution >= 0.6 is 23.2 Å². The number of rotatable bonds is 4. The number of benzene rings is 2. The van der Waals surface area contributed by atoms with Crippen LogP contribution in [-0.2, 0) is 6.61 Å². The van der Waals surface area contributed by atoms with Gasteiger partial charge in [0.05, 0.1) is 15.7 Å². The van der Waals surface area contributed by atoms with Gasteiger partial charge in [-0.05, 0) is 5.56 Å². The molecule has 126 valence electrons. The van der Waals surface area contributed by atoms with Crippen molar-refractivity contribution in [1.29, 1.82) is 0 Å². The summed E-state index contributed by atoms with van der Waals surface area (Å²) in [6.07, 6.45) is 0. The summed E-state index contributed by atoms with van der Waals surface area (Å²) in [5.41, 5.74) is 6.69. The van der Waals surface area contributed by atoms with Crippen LogP contribution in [0.25, 0.3) is 0 Å². The molecule has 24 heavy (non-hydrogen) atoms. The van der Waals surface area contributed by atoms with Crippen LogP contribution in [0.4, 0.5) is 10.5 Å². The van der Waals surface area contributed by atoms with Crippen LogP contribution in [-0.4, -0.2) is 19.0 Å². The van der Waals surface area contributed by atoms with Gasteiger partial charge in [-0.1, -0.05) is 53.5 Å². The Morgan fingerprint density at radius 1 is 1.21 bits per heavy atom. The number of halogens is 2. The largest absolute Gasteiger partial charge is 0.489 e. The van der Waals surface area contributed by atoms with Crippen LogP contribution in [0.2, 0.25) is 10.0 Å². The van der Waals surface area contributed by atoms with E-state index in [1.165, 1.54) is 7.05 Å². The third kappa shape index (κ3) is 5.04. The molecule has 0 heterocycles. The number of amides is 2. The van der Waals surface area contributed by atoms with Gasteiger partial charge in [0.2, 0.25) is 0 Å². The van der Waals surface area contributed by atoms with Gasteiger partial charge in [-0.3, -0.25) is 10.3 Å². The molecule has 0 aromatic heterocycles. The van der Waals surface area contributed by atoms with E-state index in [-0.39, 0.29) is 21.7 Å². The number of ether oxygens (including phenoxy) is 1. The first kappa shape index (κ1) is 17.9. The van der Waals surface area contributed by atoms with Gasteiger partial charge in [0.1, 0.15) is 12.4 Å². The fraction of sp³-hybridized carbons (Fsp3) is 0.125. The molecule has 0 atom stereocenters. The number of hydrogen-bond donors (Lipinski definition) is 3. The second-order valence-corrected chi connectivity index (χ2v) is 5.54. The zero-order chi connectivity index (χ0) is 17.5. The Labute approximate surface area is 149 Å². The third-order valence-electron chi connectivity index (χ3n) is 2.98. The van der Waals surface area contributed by atoms with E-state index in [1.54, 1.807) is 12.1 Å². The Hall–Kier alpha value is -2.44. The lowest BCUT2D eigenvalue weighted by Gasteiger charge is -2.13. The molecule has 0 aliphatic carbocycles. The van der Waals surface area contributed by atoms with E-state index in [0.717, 1.165) is 5.56 Å². The van der Waals surface area contributed by atoms with Crippen molar-refractivity contribution in [3.63, 3.8) is 0 Å². The number of nitrogens with zero attached hydrogens (tertiary/aromatic N) is 1. The molecular weight excluding hydrogens is 351 g/mol. The summed E-state index contributed by atoms with van der Waals surface area (Å²) >= 11 is 12.3. The van der Waals surface area contributed by atoms with Gasteiger partial charge in [-0.2, -0.15) is 0 Å². The van der Waals surface area contributed by atoms with Crippen molar-refractivity contribution in [2.24, 2.45) is 10.7 Å². The molecule has 4 N–H and O–H groups in total. The van der Waals surface area contributed by atoms with Crippen LogP contribution < -0.4 is 21.1 Å². The smallest absolute Gasteiger partial charge is 0.326 e. The molecule has 0 saturated carbocycles. The Kier molecular flexibility index (Phi) is 6.28. The first-order chi connectivity index (χ1) is 11.5. The van der Waals surface area contributed by atoms with Crippen LogP contribution in [0.5, 0.6) is 5.75 Å². The molecule has 0 spiro atoms. The zero-order valence-corrected chi connectivity index (χ0v) is 14.4. The van der Waals surface area contributed by atoms with Crippen molar-refractivity contribution in [3.8, 4) is 5.75 Å². The number of guanidine groups is 1. The number of aliphatic imine (C=N–C) groups is 1. The van der Waals surface area contributed by atoms with Gasteiger partial charge in [-0.25, -0.2) is 4.79 Å². The summed E-state index contributed by atoms with van der Waals surface area (Å²) in [5, 5.41) is 5.32. The minimum atomic E-state index is -0.597. The van der Waals surface area contributed by atoms with E-state index < -0.39 is 6.03 Å². The van der Waals surface area contributed by atoms with Crippen molar-refractivity contribution < 1.29 is 9.53 Å². The van der Waals surface area contributed by atoms with E-state index in [0.29, 0.717) is 12.4 Å². The number of carbonyl (C=O) groups excluding carboxylic acids is 1. The van der Waals surface area contributed by atoms with E-state index in [2.05, 4.69) is 15.6 Å². The zero-order valence-electron chi connectivity index (χ0n) is 12.8. The topological polar surface area (TPSA) is 88.7 Å². The van der Waals surface area contributed by atoms with Crippen molar-refractivity contribution in [2.45, 2.75) is 6.61 Å². The first-order valence-electron chi connectivity index (χ1n) is 6.95. The highest BCUT2D eigenvalue weighted by Crippen LogP contribution is 2.35. The summed E-state index contributed by atoms with van der Waals surface area (Å²) in [5.74, 6) is 0.469. The summed E-state index contributed by atoms with van der Waals surface area (Å²) < 4.78 is 5.66. The first-order valence-corrected chi connectivity index (χ1v) is 7.71. The fourth-order valence-electron chi connectivity index (χ4n) is 1.81. The maximum atomic E-state index is 11.8. The summed E-state index contributed by atoms with van der Waals surface area (Å²) in [7, 11) is 1.45. The Bertz CT molecular complexity index is 728. The SMILES string of the molecule is CN=C(N)NC(=O)Nc1c(Cl)cc(OCc2ccccc2)cc1Cl. The van der Waals surface area contributed by atoms with E-state index in [1.807, 2.05) is 30.3 Å². The second kappa shape index (κ2) is 8.42. The maximum absolute atomic E-state index is 11.8. The summed E-state index contributed by atoms with van der Waals surface area (Å²) in [6.45, 7) is 0.379. The molecule has 6 nitrogen and oxygen atoms in total. The lowest BCUT2D eigenvalue weighted by atomic mass is 10.2. The molecule has 2 aromatic carbocycles. The summed E-state index contributed by atoms with van der Waals surface area (Å²) in [6, 6.07) is 12.2. The quantitative estimate of drug-likeness (QED) is 0.569. The maximum Gasteiger partial charge on any atom is 0.326 e. The molecule has 2 amide bonds. The molecule has 8 heteroatoms. The number of nitrogens with two attached hydrogens (primary N) is 1. The summed E-state index contributed by atoms with van der Waals surface area (Å²) in [4.78, 5) is 15.4. The predicted octanol–water partition coefficient (Wildman–Crippen LogP) is 3.64. The minimum Gasteiger partial charge on any atom is -0.489 e. The highest BCUT2D eigenvalue weighted by atomic mass is 35.5. The van der Waals surface area contributed by atoms with Crippen molar-refractivity contribution in [2.75, 3.05) is 12.4 Å². The Balaban J connectivity index is 2.06. The van der Waals surface area contributed by atoms with Gasteiger partial charge < -0.3 is 15.8 Å². The standard InChI is InChI=1S/C16H16Cl2N4O2/c1-20-15(19)22-16(23)21-14-12(17)7-11(8-13(14)18)24-9-10-5-3-2-4-6-10/h2-8H,9H2,1H3,(H4,19,20,21,22,23). The molecule has 2 rings (SSSR count). The normalized spacial score (nSPS) is 11.0. The van der Waals surface area contributed by atoms with E-state index >= 15 is 0 Å². The number of nitrogens with one attached hydrogen (secondary N) is 2. The fourth-order valence-corrected chi connectivity index (χ4v) is 2.37. The van der Waals surface area contributed by atoms with Crippen molar-refractivity contribution in [3.05, 3.63) is 58.1 Å². The highest BCUT2D eigenvalue weighted by Gasteiger charge is 2.13. The Morgan fingerprint density at radius 3 is 2.42 bits per heavy atom. The molecule has 0 bridgehead atoms. The highest BCUT2D eigenvalue weighted by molar-refractivity contribution is 6.40. The van der Waals surface area contributed by atoms with Gasteiger partial charge in [-0.15, -0.1) is 0 Å². The van der Waals surface area contributed by atoms with Gasteiger partial charge in [0.15, 0.2) is 5.96 Å². The lowest BCUT2D eigenvalue weighted by molar-refractivity contribution is 0.256. The average molecular weight is 367 g/mol. The minimum absolute atomic E-state index is 0.0254. The molecule has 0 radical (unpaired) electrons. The molecule has 0 fully saturated rings. The number of hydrogen-bond acceptors (Lipinski definition) is 3. The van der Waals surface area contributed by atoms with Gasteiger partial charge in [0.25, 0.3) is 0 Å². The van der Waals surface area contributed by atoms with Crippen LogP contribution in [0, 0.1) is 0 Å². The second-order valence-electron chi connectivity index (χ2n) is 4.72. The molecular formula is C16H16Cl2N4O2. The third-order valence-corrected chi connectivity index (χ3v) is 3.58. The van der Waals surface area contributed by atoms with E-state index in [9.17, 15) is 4.79 Å². The van der Waals surface area contributed by atoms with E-state index in [4.69, 9.17) is 33.7 Å². The molecule has 0 aliphatic rings.